The Labute approximate surface area is 79.3 Å². The van der Waals surface area contributed by atoms with Crippen molar-refractivity contribution in [1.29, 1.82) is 0 Å². The van der Waals surface area contributed by atoms with Crippen LogP contribution in [0.4, 0.5) is 0 Å². The minimum absolute atomic E-state index is 0.0391. The van der Waals surface area contributed by atoms with Gasteiger partial charge in [0.05, 0.1) is 6.04 Å². The Morgan fingerprint density at radius 2 is 2.31 bits per heavy atom. The molecule has 4 heteroatoms. The van der Waals surface area contributed by atoms with Crippen LogP contribution in [0.2, 0.25) is 0 Å². The van der Waals surface area contributed by atoms with Crippen molar-refractivity contribution in [3.8, 4) is 0 Å². The molecule has 0 bridgehead atoms. The molecule has 4 N–H and O–H groups in total. The second-order valence-electron chi connectivity index (χ2n) is 4.31. The van der Waals surface area contributed by atoms with Gasteiger partial charge in [0.15, 0.2) is 0 Å². The van der Waals surface area contributed by atoms with E-state index in [0.717, 1.165) is 19.5 Å². The van der Waals surface area contributed by atoms with Crippen molar-refractivity contribution in [2.24, 2.45) is 16.9 Å². The van der Waals surface area contributed by atoms with Gasteiger partial charge in [-0.1, -0.05) is 6.92 Å². The number of likely N-dealkylation sites (tertiary alicyclic amines) is 1. The van der Waals surface area contributed by atoms with Crippen LogP contribution in [-0.4, -0.2) is 36.5 Å². The molecule has 1 saturated heterocycles. The molecule has 0 saturated carbocycles. The van der Waals surface area contributed by atoms with Crippen molar-refractivity contribution >= 4 is 5.91 Å². The van der Waals surface area contributed by atoms with E-state index in [1.54, 1.807) is 6.92 Å². The second-order valence-corrected chi connectivity index (χ2v) is 4.31. The van der Waals surface area contributed by atoms with Crippen molar-refractivity contribution in [2.45, 2.75) is 26.3 Å². The summed E-state index contributed by atoms with van der Waals surface area (Å²) in [6.07, 6.45) is 0.988. The maximum absolute atomic E-state index is 11.5. The fourth-order valence-corrected chi connectivity index (χ4v) is 1.67. The average molecular weight is 185 g/mol. The first-order valence-corrected chi connectivity index (χ1v) is 4.73. The Hall–Kier alpha value is -0.610. The number of rotatable bonds is 2. The molecule has 0 spiro atoms. The highest BCUT2D eigenvalue weighted by Crippen LogP contribution is 2.28. The molecule has 1 aliphatic heterocycles. The molecule has 1 rings (SSSR count). The van der Waals surface area contributed by atoms with Gasteiger partial charge in [0.1, 0.15) is 0 Å². The number of hydrogen-bond donors (Lipinski definition) is 2. The van der Waals surface area contributed by atoms with E-state index in [9.17, 15) is 4.79 Å². The molecule has 0 aromatic heterocycles. The summed E-state index contributed by atoms with van der Waals surface area (Å²) in [6, 6.07) is -0.389. The standard InChI is InChI=1S/C9H19N3O/c1-7(11)8(13)12-4-3-9(2,5-10)6-12/h7H,3-6,10-11H2,1-2H3/t7-,9?/m1/s1. The second kappa shape index (κ2) is 3.64. The number of nitrogens with two attached hydrogens (primary N) is 2. The van der Waals surface area contributed by atoms with Gasteiger partial charge in [-0.05, 0) is 25.3 Å². The van der Waals surface area contributed by atoms with Crippen molar-refractivity contribution in [3.05, 3.63) is 0 Å². The molecule has 1 fully saturated rings. The SMILES string of the molecule is C[C@@H](N)C(=O)N1CCC(C)(CN)C1. The van der Waals surface area contributed by atoms with E-state index in [1.807, 2.05) is 4.90 Å². The molecular formula is C9H19N3O. The molecule has 1 unspecified atom stereocenters. The van der Waals surface area contributed by atoms with Crippen molar-refractivity contribution in [1.82, 2.24) is 4.90 Å². The molecule has 0 aromatic rings. The lowest BCUT2D eigenvalue weighted by atomic mass is 9.90. The van der Waals surface area contributed by atoms with E-state index in [-0.39, 0.29) is 17.4 Å². The molecule has 13 heavy (non-hydrogen) atoms. The summed E-state index contributed by atoms with van der Waals surface area (Å²) in [7, 11) is 0. The topological polar surface area (TPSA) is 72.4 Å². The quantitative estimate of drug-likeness (QED) is 0.611. The van der Waals surface area contributed by atoms with E-state index >= 15 is 0 Å². The van der Waals surface area contributed by atoms with Gasteiger partial charge < -0.3 is 16.4 Å². The summed E-state index contributed by atoms with van der Waals surface area (Å²) in [4.78, 5) is 13.3. The van der Waals surface area contributed by atoms with Gasteiger partial charge in [0, 0.05) is 13.1 Å². The van der Waals surface area contributed by atoms with E-state index in [1.165, 1.54) is 0 Å². The molecule has 4 nitrogen and oxygen atoms in total. The Morgan fingerprint density at radius 3 is 2.69 bits per heavy atom. The Bertz CT molecular complexity index is 205. The van der Waals surface area contributed by atoms with Crippen LogP contribution in [0.5, 0.6) is 0 Å². The highest BCUT2D eigenvalue weighted by Gasteiger charge is 2.35. The summed E-state index contributed by atoms with van der Waals surface area (Å²) in [5.74, 6) is 0.0391. The maximum atomic E-state index is 11.5. The van der Waals surface area contributed by atoms with Crippen LogP contribution in [-0.2, 0) is 4.79 Å². The lowest BCUT2D eigenvalue weighted by molar-refractivity contribution is -0.131. The van der Waals surface area contributed by atoms with Gasteiger partial charge in [0.25, 0.3) is 0 Å². The Balaban J connectivity index is 2.55. The Kier molecular flexibility index (Phi) is 2.93. The molecule has 76 valence electrons. The zero-order valence-electron chi connectivity index (χ0n) is 8.42. The minimum atomic E-state index is -0.389. The minimum Gasteiger partial charge on any atom is -0.341 e. The normalized spacial score (nSPS) is 30.6. The zero-order valence-corrected chi connectivity index (χ0v) is 8.42. The van der Waals surface area contributed by atoms with Gasteiger partial charge in [-0.15, -0.1) is 0 Å². The monoisotopic (exact) mass is 185 g/mol. The van der Waals surface area contributed by atoms with Gasteiger partial charge in [0.2, 0.25) is 5.91 Å². The predicted molar refractivity (Wildman–Crippen MR) is 52.0 cm³/mol. The number of hydrogen-bond acceptors (Lipinski definition) is 3. The molecular weight excluding hydrogens is 166 g/mol. The van der Waals surface area contributed by atoms with Gasteiger partial charge in [-0.25, -0.2) is 0 Å². The smallest absolute Gasteiger partial charge is 0.239 e. The van der Waals surface area contributed by atoms with Crippen LogP contribution in [0.25, 0.3) is 0 Å². The van der Waals surface area contributed by atoms with Gasteiger partial charge in [-0.3, -0.25) is 4.79 Å². The van der Waals surface area contributed by atoms with E-state index in [0.29, 0.717) is 6.54 Å². The third-order valence-electron chi connectivity index (χ3n) is 2.75. The summed E-state index contributed by atoms with van der Waals surface area (Å²) < 4.78 is 0. The molecule has 0 aromatic carbocycles. The number of nitrogens with zero attached hydrogens (tertiary/aromatic N) is 1. The molecule has 1 aliphatic rings. The Morgan fingerprint density at radius 1 is 1.69 bits per heavy atom. The fraction of sp³-hybridized carbons (Fsp3) is 0.889. The van der Waals surface area contributed by atoms with Gasteiger partial charge in [-0.2, -0.15) is 0 Å². The lowest BCUT2D eigenvalue weighted by Crippen LogP contribution is -2.42. The first kappa shape index (κ1) is 10.5. The van der Waals surface area contributed by atoms with E-state index in [4.69, 9.17) is 11.5 Å². The van der Waals surface area contributed by atoms with Crippen LogP contribution in [0.3, 0.4) is 0 Å². The first-order valence-electron chi connectivity index (χ1n) is 4.73. The summed E-state index contributed by atoms with van der Waals surface area (Å²) in [6.45, 7) is 6.02. The molecule has 0 radical (unpaired) electrons. The molecule has 0 aliphatic carbocycles. The van der Waals surface area contributed by atoms with Crippen molar-refractivity contribution < 1.29 is 4.79 Å². The molecule has 1 heterocycles. The van der Waals surface area contributed by atoms with Crippen LogP contribution in [0.1, 0.15) is 20.3 Å². The number of carbonyl (C=O) groups excluding carboxylic acids is 1. The molecule has 2 atom stereocenters. The predicted octanol–water partition coefficient (Wildman–Crippen LogP) is -0.469. The van der Waals surface area contributed by atoms with Crippen molar-refractivity contribution in [3.63, 3.8) is 0 Å². The zero-order chi connectivity index (χ0) is 10.1. The van der Waals surface area contributed by atoms with Crippen molar-refractivity contribution in [2.75, 3.05) is 19.6 Å². The highest BCUT2D eigenvalue weighted by molar-refractivity contribution is 5.81. The number of carbonyl (C=O) groups is 1. The third-order valence-corrected chi connectivity index (χ3v) is 2.75. The maximum Gasteiger partial charge on any atom is 0.239 e. The van der Waals surface area contributed by atoms with Crippen LogP contribution >= 0.6 is 0 Å². The summed E-state index contributed by atoms with van der Waals surface area (Å²) >= 11 is 0. The third kappa shape index (κ3) is 2.19. The van der Waals surface area contributed by atoms with E-state index in [2.05, 4.69) is 6.92 Å². The van der Waals surface area contributed by atoms with E-state index < -0.39 is 0 Å². The van der Waals surface area contributed by atoms with Crippen LogP contribution in [0.15, 0.2) is 0 Å². The fourth-order valence-electron chi connectivity index (χ4n) is 1.67. The first-order chi connectivity index (χ1) is 5.98. The summed E-state index contributed by atoms with van der Waals surface area (Å²) in [5, 5.41) is 0. The highest BCUT2D eigenvalue weighted by atomic mass is 16.2. The molecule has 1 amide bonds. The lowest BCUT2D eigenvalue weighted by Gasteiger charge is -2.23. The van der Waals surface area contributed by atoms with Crippen LogP contribution < -0.4 is 11.5 Å². The average Bonchev–Trinajstić information content (AvgIpc) is 2.47. The summed E-state index contributed by atoms with van der Waals surface area (Å²) in [5.41, 5.74) is 11.3. The van der Waals surface area contributed by atoms with Crippen LogP contribution in [0, 0.1) is 5.41 Å². The van der Waals surface area contributed by atoms with Gasteiger partial charge >= 0.3 is 0 Å². The largest absolute Gasteiger partial charge is 0.341 e. The number of amides is 1.